The van der Waals surface area contributed by atoms with Crippen LogP contribution in [0.15, 0.2) is 36.0 Å². The highest BCUT2D eigenvalue weighted by molar-refractivity contribution is 7.99. The van der Waals surface area contributed by atoms with Crippen LogP contribution in [0.2, 0.25) is 0 Å². The number of thioether (sulfide) groups is 1. The lowest BCUT2D eigenvalue weighted by atomic mass is 10.0. The van der Waals surface area contributed by atoms with E-state index in [1.807, 2.05) is 0 Å². The van der Waals surface area contributed by atoms with Crippen LogP contribution in [0.25, 0.3) is 0 Å². The molecule has 1 saturated heterocycles. The molecule has 5 nitrogen and oxygen atoms in total. The van der Waals surface area contributed by atoms with Crippen LogP contribution >= 0.6 is 11.8 Å². The van der Waals surface area contributed by atoms with Crippen molar-refractivity contribution in [3.8, 4) is 0 Å². The molecule has 1 fully saturated rings. The Labute approximate surface area is 168 Å². The Bertz CT molecular complexity index is 639. The molecule has 28 heavy (non-hydrogen) atoms. The number of hydrogen-bond acceptors (Lipinski definition) is 4. The van der Waals surface area contributed by atoms with E-state index in [0.717, 1.165) is 11.8 Å². The molecule has 158 valence electrons. The van der Waals surface area contributed by atoms with E-state index < -0.39 is 36.1 Å². The van der Waals surface area contributed by atoms with Crippen molar-refractivity contribution in [2.75, 3.05) is 24.8 Å². The lowest BCUT2D eigenvalue weighted by Crippen LogP contribution is -2.42. The number of hydrogen-bond donors (Lipinski definition) is 1. The fourth-order valence-electron chi connectivity index (χ4n) is 2.39. The summed E-state index contributed by atoms with van der Waals surface area (Å²) in [7, 11) is 0. The molecule has 1 unspecified atom stereocenters. The maximum atomic E-state index is 13.7. The number of carbonyl (C=O) groups is 2. The van der Waals surface area contributed by atoms with E-state index in [9.17, 15) is 22.8 Å². The molecule has 0 spiro atoms. The fourth-order valence-corrected chi connectivity index (χ4v) is 3.36. The van der Waals surface area contributed by atoms with Crippen LogP contribution in [0.3, 0.4) is 0 Å². The van der Waals surface area contributed by atoms with Gasteiger partial charge in [0, 0.05) is 24.8 Å². The van der Waals surface area contributed by atoms with Crippen LogP contribution in [0.5, 0.6) is 0 Å². The third-order valence-electron chi connectivity index (χ3n) is 3.57. The quantitative estimate of drug-likeness (QED) is 0.591. The van der Waals surface area contributed by atoms with E-state index in [1.165, 1.54) is 0 Å². The zero-order valence-corrected chi connectivity index (χ0v) is 17.2. The molecule has 1 N–H and O–H groups in total. The van der Waals surface area contributed by atoms with Crippen molar-refractivity contribution in [1.82, 2.24) is 10.2 Å². The molecule has 0 aromatic carbocycles. The molecule has 1 rings (SSSR count). The van der Waals surface area contributed by atoms with Crippen LogP contribution in [0, 0.1) is 0 Å². The average Bonchev–Trinajstić information content (AvgIpc) is 3.07. The van der Waals surface area contributed by atoms with Crippen LogP contribution in [0.4, 0.5) is 18.0 Å². The minimum atomic E-state index is -1.33. The molecule has 0 saturated carbocycles. The maximum absolute atomic E-state index is 13.7. The van der Waals surface area contributed by atoms with E-state index in [4.69, 9.17) is 4.74 Å². The minimum Gasteiger partial charge on any atom is -0.444 e. The summed E-state index contributed by atoms with van der Waals surface area (Å²) in [5.74, 6) is -1.33. The SMILES string of the molecule is C=C(/C=C(F)\C(F)=C/CF)CC(CC(=O)N1CCSC1)NC(=O)OC(C)(C)C. The molecule has 0 aromatic rings. The van der Waals surface area contributed by atoms with Crippen molar-refractivity contribution < 1.29 is 27.5 Å². The molecule has 1 aliphatic heterocycles. The Hall–Kier alpha value is -1.90. The van der Waals surface area contributed by atoms with Crippen molar-refractivity contribution in [2.45, 2.75) is 45.3 Å². The second-order valence-electron chi connectivity index (χ2n) is 7.30. The first-order valence-corrected chi connectivity index (χ1v) is 9.99. The number of alkyl halides is 1. The zero-order chi connectivity index (χ0) is 21.3. The zero-order valence-electron chi connectivity index (χ0n) is 16.4. The second kappa shape index (κ2) is 11.2. The highest BCUT2D eigenvalue weighted by atomic mass is 32.2. The summed E-state index contributed by atoms with van der Waals surface area (Å²) in [5.41, 5.74) is -0.586. The minimum absolute atomic E-state index is 0.00227. The van der Waals surface area contributed by atoms with Gasteiger partial charge in [-0.3, -0.25) is 4.79 Å². The molecule has 1 heterocycles. The van der Waals surface area contributed by atoms with Gasteiger partial charge in [-0.2, -0.15) is 0 Å². The highest BCUT2D eigenvalue weighted by Crippen LogP contribution is 2.20. The van der Waals surface area contributed by atoms with Gasteiger partial charge in [-0.15, -0.1) is 11.8 Å². The molecule has 0 aliphatic carbocycles. The van der Waals surface area contributed by atoms with Gasteiger partial charge in [-0.1, -0.05) is 12.2 Å². The number of carbonyl (C=O) groups excluding carboxylic acids is 2. The Morgan fingerprint density at radius 3 is 2.50 bits per heavy atom. The number of ether oxygens (including phenoxy) is 1. The fraction of sp³-hybridized carbons (Fsp3) is 0.579. The normalized spacial score (nSPS) is 16.7. The summed E-state index contributed by atoms with van der Waals surface area (Å²) < 4.78 is 44.2. The molecular weight excluding hydrogens is 393 g/mol. The second-order valence-corrected chi connectivity index (χ2v) is 8.38. The summed E-state index contributed by atoms with van der Waals surface area (Å²) in [4.78, 5) is 26.2. The summed E-state index contributed by atoms with van der Waals surface area (Å²) in [6.07, 6.45) is 0.534. The largest absolute Gasteiger partial charge is 0.444 e. The third kappa shape index (κ3) is 9.34. The topological polar surface area (TPSA) is 58.6 Å². The first kappa shape index (κ1) is 24.1. The van der Waals surface area contributed by atoms with Crippen LogP contribution in [-0.2, 0) is 9.53 Å². The number of alkyl carbamates (subject to hydrolysis) is 1. The standard InChI is InChI=1S/C19H27F3N2O3S/c1-13(10-16(22)15(21)5-6-20)9-14(23-18(26)27-19(2,3)4)11-17(25)24-7-8-28-12-24/h5,10,14H,1,6-9,11-12H2,2-4H3,(H,23,26)/b15-5+,16-10+. The van der Waals surface area contributed by atoms with E-state index in [1.54, 1.807) is 37.4 Å². The summed E-state index contributed by atoms with van der Waals surface area (Å²) in [5, 5.41) is 2.59. The van der Waals surface area contributed by atoms with E-state index in [-0.39, 0.29) is 24.3 Å². The molecule has 1 atom stereocenters. The number of rotatable bonds is 8. The molecule has 1 aliphatic rings. The van der Waals surface area contributed by atoms with Gasteiger partial charge in [0.2, 0.25) is 5.91 Å². The lowest BCUT2D eigenvalue weighted by Gasteiger charge is -2.25. The molecule has 0 radical (unpaired) electrons. The first-order valence-electron chi connectivity index (χ1n) is 8.84. The van der Waals surface area contributed by atoms with Gasteiger partial charge in [0.1, 0.15) is 12.3 Å². The van der Waals surface area contributed by atoms with Gasteiger partial charge < -0.3 is 15.0 Å². The Balaban J connectivity index is 2.82. The number of amides is 2. The van der Waals surface area contributed by atoms with Gasteiger partial charge in [-0.25, -0.2) is 18.0 Å². The molecule has 2 amide bonds. The summed E-state index contributed by atoms with van der Waals surface area (Å²) in [6, 6.07) is -0.710. The van der Waals surface area contributed by atoms with Gasteiger partial charge >= 0.3 is 6.09 Å². The highest BCUT2D eigenvalue weighted by Gasteiger charge is 2.25. The predicted octanol–water partition coefficient (Wildman–Crippen LogP) is 4.43. The van der Waals surface area contributed by atoms with Crippen molar-refractivity contribution in [3.05, 3.63) is 36.0 Å². The van der Waals surface area contributed by atoms with Gasteiger partial charge in [-0.05, 0) is 39.3 Å². The van der Waals surface area contributed by atoms with Gasteiger partial charge in [0.15, 0.2) is 11.7 Å². The van der Waals surface area contributed by atoms with Crippen molar-refractivity contribution >= 4 is 23.8 Å². The third-order valence-corrected chi connectivity index (χ3v) is 4.54. The van der Waals surface area contributed by atoms with Crippen molar-refractivity contribution in [2.24, 2.45) is 0 Å². The molecular formula is C19H27F3N2O3S. The van der Waals surface area contributed by atoms with Crippen LogP contribution < -0.4 is 5.32 Å². The number of halogens is 3. The van der Waals surface area contributed by atoms with E-state index in [0.29, 0.717) is 18.5 Å². The summed E-state index contributed by atoms with van der Waals surface area (Å²) in [6.45, 7) is 8.23. The summed E-state index contributed by atoms with van der Waals surface area (Å²) >= 11 is 1.63. The smallest absolute Gasteiger partial charge is 0.407 e. The van der Waals surface area contributed by atoms with Crippen molar-refractivity contribution in [3.63, 3.8) is 0 Å². The van der Waals surface area contributed by atoms with Crippen LogP contribution in [-0.4, -0.2) is 53.4 Å². The van der Waals surface area contributed by atoms with E-state index >= 15 is 0 Å². The Morgan fingerprint density at radius 2 is 1.96 bits per heavy atom. The predicted molar refractivity (Wildman–Crippen MR) is 105 cm³/mol. The maximum Gasteiger partial charge on any atom is 0.407 e. The Morgan fingerprint density at radius 1 is 1.29 bits per heavy atom. The average molecular weight is 420 g/mol. The molecule has 0 aromatic heterocycles. The number of nitrogens with zero attached hydrogens (tertiary/aromatic N) is 1. The number of allylic oxidation sites excluding steroid dienone is 4. The van der Waals surface area contributed by atoms with Gasteiger partial charge in [0.25, 0.3) is 0 Å². The molecule has 9 heteroatoms. The van der Waals surface area contributed by atoms with Crippen molar-refractivity contribution in [1.29, 1.82) is 0 Å². The van der Waals surface area contributed by atoms with Gasteiger partial charge in [0.05, 0.1) is 5.88 Å². The Kier molecular flexibility index (Phi) is 9.64. The van der Waals surface area contributed by atoms with Crippen LogP contribution in [0.1, 0.15) is 33.6 Å². The first-order chi connectivity index (χ1) is 13.0. The lowest BCUT2D eigenvalue weighted by molar-refractivity contribution is -0.130. The number of nitrogens with one attached hydrogen (secondary N) is 1. The van der Waals surface area contributed by atoms with E-state index in [2.05, 4.69) is 11.9 Å². The molecule has 0 bridgehead atoms. The monoisotopic (exact) mass is 420 g/mol.